The predicted molar refractivity (Wildman–Crippen MR) is 113 cm³/mol. The molecular weight excluding hydrogens is 368 g/mol. The molecule has 6 nitrogen and oxygen atoms in total. The van der Waals surface area contributed by atoms with Gasteiger partial charge in [-0.15, -0.1) is 0 Å². The highest BCUT2D eigenvalue weighted by Crippen LogP contribution is 2.18. The Balaban J connectivity index is 1.44. The molecule has 2 aromatic carbocycles. The molecule has 1 aromatic heterocycles. The fourth-order valence-corrected chi connectivity index (χ4v) is 2.82. The van der Waals surface area contributed by atoms with E-state index in [1.165, 1.54) is 0 Å². The van der Waals surface area contributed by atoms with Gasteiger partial charge in [-0.3, -0.25) is 0 Å². The Hall–Kier alpha value is -3.54. The first-order valence-electron chi connectivity index (χ1n) is 9.56. The van der Waals surface area contributed by atoms with E-state index >= 15 is 0 Å². The van der Waals surface area contributed by atoms with Crippen LogP contribution < -0.4 is 5.32 Å². The summed E-state index contributed by atoms with van der Waals surface area (Å²) in [6.45, 7) is 2.87. The van der Waals surface area contributed by atoms with E-state index < -0.39 is 6.09 Å². The van der Waals surface area contributed by atoms with Crippen molar-refractivity contribution >= 4 is 29.0 Å². The van der Waals surface area contributed by atoms with Gasteiger partial charge in [-0.05, 0) is 36.6 Å². The lowest BCUT2D eigenvalue weighted by atomic mass is 10.1. The summed E-state index contributed by atoms with van der Waals surface area (Å²) >= 11 is 0. The molecule has 0 aliphatic heterocycles. The molecule has 6 heteroatoms. The lowest BCUT2D eigenvalue weighted by Gasteiger charge is -2.05. The number of fused-ring (bicyclic) bond motifs is 1. The maximum absolute atomic E-state index is 11.8. The summed E-state index contributed by atoms with van der Waals surface area (Å²) in [5.41, 5.74) is 3.27. The van der Waals surface area contributed by atoms with E-state index in [2.05, 4.69) is 10.3 Å². The summed E-state index contributed by atoms with van der Waals surface area (Å²) in [5, 5.41) is 3.68. The quantitative estimate of drug-likeness (QED) is 0.431. The standard InChI is InChI=1S/C23H24N2O4/c1-2-28-22(26)21-15-19-12-11-17(14-20(19)25-21)8-6-7-13-24-23(27)29-16-18-9-4-3-5-10-18/h3-6,8-12,14-15,25H,2,7,13,16H2,1H3,(H,24,27). The molecule has 0 fully saturated rings. The lowest BCUT2D eigenvalue weighted by Crippen LogP contribution is -2.24. The van der Waals surface area contributed by atoms with Crippen LogP contribution in [0.2, 0.25) is 0 Å². The molecule has 29 heavy (non-hydrogen) atoms. The number of carbonyl (C=O) groups excluding carboxylic acids is 2. The normalized spacial score (nSPS) is 10.9. The molecule has 0 bridgehead atoms. The molecule has 0 spiro atoms. The summed E-state index contributed by atoms with van der Waals surface area (Å²) in [4.78, 5) is 26.6. The number of benzene rings is 2. The van der Waals surface area contributed by atoms with Gasteiger partial charge in [0.2, 0.25) is 0 Å². The minimum Gasteiger partial charge on any atom is -0.461 e. The number of esters is 1. The Morgan fingerprint density at radius 2 is 1.90 bits per heavy atom. The van der Waals surface area contributed by atoms with Crippen LogP contribution in [-0.2, 0) is 16.1 Å². The molecule has 0 saturated carbocycles. The Labute approximate surface area is 169 Å². The second-order valence-corrected chi connectivity index (χ2v) is 6.43. The number of hydrogen-bond donors (Lipinski definition) is 2. The van der Waals surface area contributed by atoms with E-state index in [-0.39, 0.29) is 12.6 Å². The first-order valence-corrected chi connectivity index (χ1v) is 9.56. The van der Waals surface area contributed by atoms with Crippen LogP contribution in [0.4, 0.5) is 4.79 Å². The van der Waals surface area contributed by atoms with Crippen LogP contribution >= 0.6 is 0 Å². The van der Waals surface area contributed by atoms with E-state index in [0.29, 0.717) is 25.3 Å². The number of aromatic amines is 1. The molecule has 1 amide bonds. The third-order valence-electron chi connectivity index (χ3n) is 4.25. The molecule has 0 aliphatic rings. The van der Waals surface area contributed by atoms with Gasteiger partial charge in [0.1, 0.15) is 12.3 Å². The van der Waals surface area contributed by atoms with Gasteiger partial charge in [-0.2, -0.15) is 0 Å². The van der Waals surface area contributed by atoms with Crippen molar-refractivity contribution < 1.29 is 19.1 Å². The predicted octanol–water partition coefficient (Wildman–Crippen LogP) is 4.67. The molecule has 0 atom stereocenters. The van der Waals surface area contributed by atoms with Crippen molar-refractivity contribution in [2.45, 2.75) is 20.0 Å². The summed E-state index contributed by atoms with van der Waals surface area (Å²) in [6.07, 6.45) is 4.20. The molecule has 1 heterocycles. The van der Waals surface area contributed by atoms with Crippen LogP contribution in [0.1, 0.15) is 35.0 Å². The zero-order valence-corrected chi connectivity index (χ0v) is 16.3. The van der Waals surface area contributed by atoms with Crippen molar-refractivity contribution in [2.75, 3.05) is 13.2 Å². The first kappa shape index (κ1) is 20.2. The maximum atomic E-state index is 11.8. The Morgan fingerprint density at radius 1 is 1.07 bits per heavy atom. The Kier molecular flexibility index (Phi) is 7.05. The van der Waals surface area contributed by atoms with E-state index in [9.17, 15) is 9.59 Å². The van der Waals surface area contributed by atoms with Gasteiger partial charge in [-0.25, -0.2) is 9.59 Å². The molecule has 0 aliphatic carbocycles. The van der Waals surface area contributed by atoms with E-state index in [1.54, 1.807) is 13.0 Å². The summed E-state index contributed by atoms with van der Waals surface area (Å²) in [5.74, 6) is -0.356. The van der Waals surface area contributed by atoms with Crippen LogP contribution in [0.15, 0.2) is 60.7 Å². The number of hydrogen-bond acceptors (Lipinski definition) is 4. The minimum absolute atomic E-state index is 0.256. The SMILES string of the molecule is CCOC(=O)c1cc2ccc(C=CCCNC(=O)OCc3ccccc3)cc2[nH]1. The second-order valence-electron chi connectivity index (χ2n) is 6.43. The maximum Gasteiger partial charge on any atom is 0.407 e. The number of H-pyrrole nitrogens is 1. The van der Waals surface area contributed by atoms with Crippen LogP contribution in [0.5, 0.6) is 0 Å². The van der Waals surface area contributed by atoms with Crippen LogP contribution in [0.25, 0.3) is 17.0 Å². The third kappa shape index (κ3) is 5.97. The molecule has 150 valence electrons. The van der Waals surface area contributed by atoms with Gasteiger partial charge >= 0.3 is 12.1 Å². The van der Waals surface area contributed by atoms with Gasteiger partial charge < -0.3 is 19.8 Å². The van der Waals surface area contributed by atoms with Gasteiger partial charge in [0, 0.05) is 17.4 Å². The Morgan fingerprint density at radius 3 is 2.69 bits per heavy atom. The van der Waals surface area contributed by atoms with E-state index in [1.807, 2.05) is 60.7 Å². The van der Waals surface area contributed by atoms with Crippen molar-refractivity contribution in [1.82, 2.24) is 10.3 Å². The fraction of sp³-hybridized carbons (Fsp3) is 0.217. The monoisotopic (exact) mass is 392 g/mol. The van der Waals surface area contributed by atoms with Crippen LogP contribution in [0, 0.1) is 0 Å². The third-order valence-corrected chi connectivity index (χ3v) is 4.25. The Bertz CT molecular complexity index is 993. The second kappa shape index (κ2) is 10.1. The van der Waals surface area contributed by atoms with Crippen LogP contribution in [0.3, 0.4) is 0 Å². The minimum atomic E-state index is -0.429. The molecule has 0 unspecified atom stereocenters. The van der Waals surface area contributed by atoms with Crippen molar-refractivity contribution in [3.63, 3.8) is 0 Å². The van der Waals surface area contributed by atoms with Crippen molar-refractivity contribution in [2.24, 2.45) is 0 Å². The zero-order valence-electron chi connectivity index (χ0n) is 16.3. The lowest BCUT2D eigenvalue weighted by molar-refractivity contribution is 0.0520. The van der Waals surface area contributed by atoms with Gasteiger partial charge in [0.25, 0.3) is 0 Å². The van der Waals surface area contributed by atoms with E-state index in [4.69, 9.17) is 9.47 Å². The topological polar surface area (TPSA) is 80.4 Å². The molecule has 0 radical (unpaired) electrons. The number of amides is 1. The van der Waals surface area contributed by atoms with Crippen molar-refractivity contribution in [1.29, 1.82) is 0 Å². The molecule has 3 rings (SSSR count). The fourth-order valence-electron chi connectivity index (χ4n) is 2.82. The smallest absolute Gasteiger partial charge is 0.407 e. The number of rotatable bonds is 8. The van der Waals surface area contributed by atoms with Gasteiger partial charge in [-0.1, -0.05) is 54.6 Å². The van der Waals surface area contributed by atoms with Crippen molar-refractivity contribution in [3.8, 4) is 0 Å². The molecule has 3 aromatic rings. The number of ether oxygens (including phenoxy) is 2. The first-order chi connectivity index (χ1) is 14.2. The van der Waals surface area contributed by atoms with Crippen LogP contribution in [-0.4, -0.2) is 30.2 Å². The summed E-state index contributed by atoms with van der Waals surface area (Å²) in [6, 6.07) is 17.2. The van der Waals surface area contributed by atoms with Gasteiger partial charge in [0.05, 0.1) is 6.61 Å². The largest absolute Gasteiger partial charge is 0.461 e. The molecule has 2 N–H and O–H groups in total. The average molecular weight is 392 g/mol. The van der Waals surface area contributed by atoms with Crippen molar-refractivity contribution in [3.05, 3.63) is 77.5 Å². The number of aromatic nitrogens is 1. The number of carbonyl (C=O) groups is 2. The summed E-state index contributed by atoms with van der Waals surface area (Å²) < 4.78 is 10.2. The highest BCUT2D eigenvalue weighted by molar-refractivity contribution is 5.95. The highest BCUT2D eigenvalue weighted by Gasteiger charge is 2.10. The molecular formula is C23H24N2O4. The number of alkyl carbamates (subject to hydrolysis) is 1. The summed E-state index contributed by atoms with van der Waals surface area (Å²) in [7, 11) is 0. The van der Waals surface area contributed by atoms with E-state index in [0.717, 1.165) is 22.0 Å². The van der Waals surface area contributed by atoms with Gasteiger partial charge in [0.15, 0.2) is 0 Å². The average Bonchev–Trinajstić information content (AvgIpc) is 3.16. The highest BCUT2D eigenvalue weighted by atomic mass is 16.5. The number of nitrogens with one attached hydrogen (secondary N) is 2. The zero-order chi connectivity index (χ0) is 20.5. The molecule has 0 saturated heterocycles.